The molecule has 1 aromatic carbocycles. The minimum absolute atomic E-state index is 0.176. The van der Waals surface area contributed by atoms with E-state index < -0.39 is 0 Å². The second kappa shape index (κ2) is 8.28. The molecular weight excluding hydrogens is 326 g/mol. The van der Waals surface area contributed by atoms with Gasteiger partial charge in [0.1, 0.15) is 0 Å². The summed E-state index contributed by atoms with van der Waals surface area (Å²) in [5.41, 5.74) is 7.72. The van der Waals surface area contributed by atoms with Gasteiger partial charge in [-0.2, -0.15) is 0 Å². The van der Waals surface area contributed by atoms with E-state index in [2.05, 4.69) is 64.0 Å². The lowest BCUT2D eigenvalue weighted by atomic mass is 9.97. The molecule has 118 valence electrons. The second-order valence-corrected chi connectivity index (χ2v) is 7.01. The van der Waals surface area contributed by atoms with E-state index in [-0.39, 0.29) is 6.04 Å². The molecule has 0 aliphatic carbocycles. The van der Waals surface area contributed by atoms with Crippen molar-refractivity contribution in [3.63, 3.8) is 0 Å². The Labute approximate surface area is 137 Å². The molecule has 0 amide bonds. The Kier molecular flexibility index (Phi) is 6.68. The highest BCUT2D eigenvalue weighted by Crippen LogP contribution is 2.25. The summed E-state index contributed by atoms with van der Waals surface area (Å²) >= 11 is 3.51. The van der Waals surface area contributed by atoms with Crippen molar-refractivity contribution in [2.24, 2.45) is 5.73 Å². The van der Waals surface area contributed by atoms with Crippen LogP contribution < -0.4 is 5.73 Å². The van der Waals surface area contributed by atoms with Crippen molar-refractivity contribution in [3.8, 4) is 0 Å². The van der Waals surface area contributed by atoms with Gasteiger partial charge in [-0.3, -0.25) is 4.90 Å². The number of likely N-dealkylation sites (tertiary alicyclic amines) is 1. The first kappa shape index (κ1) is 16.9. The first-order valence-corrected chi connectivity index (χ1v) is 8.84. The van der Waals surface area contributed by atoms with Crippen molar-refractivity contribution < 1.29 is 0 Å². The summed E-state index contributed by atoms with van der Waals surface area (Å²) in [7, 11) is 2.21. The van der Waals surface area contributed by atoms with Crippen LogP contribution in [0.25, 0.3) is 0 Å². The smallest absolute Gasteiger partial charge is 0.0496 e. The van der Waals surface area contributed by atoms with Crippen LogP contribution >= 0.6 is 15.9 Å². The van der Waals surface area contributed by atoms with Crippen LogP contribution in [0.2, 0.25) is 0 Å². The number of halogens is 1. The molecule has 0 bridgehead atoms. The average molecular weight is 354 g/mol. The standard InChI is InChI=1S/C17H28BrN3/c1-3-16(19)17(14-6-8-15(18)9-7-14)20(2)12-13-21-10-4-5-11-21/h6-9,16-17H,3-5,10-13,19H2,1-2H3. The van der Waals surface area contributed by atoms with E-state index in [1.54, 1.807) is 0 Å². The molecule has 1 aliphatic heterocycles. The third-order valence-electron chi connectivity index (χ3n) is 4.53. The maximum Gasteiger partial charge on any atom is 0.0496 e. The van der Waals surface area contributed by atoms with Crippen molar-refractivity contribution in [1.82, 2.24) is 9.80 Å². The summed E-state index contributed by atoms with van der Waals surface area (Å²) in [6.45, 7) is 6.92. The Hall–Kier alpha value is -0.420. The van der Waals surface area contributed by atoms with E-state index in [1.165, 1.54) is 31.5 Å². The predicted molar refractivity (Wildman–Crippen MR) is 93.5 cm³/mol. The lowest BCUT2D eigenvalue weighted by Crippen LogP contribution is -2.42. The SMILES string of the molecule is CCC(N)C(c1ccc(Br)cc1)N(C)CCN1CCCC1. The van der Waals surface area contributed by atoms with E-state index in [4.69, 9.17) is 5.73 Å². The first-order valence-electron chi connectivity index (χ1n) is 8.05. The van der Waals surface area contributed by atoms with Crippen molar-refractivity contribution >= 4 is 15.9 Å². The summed E-state index contributed by atoms with van der Waals surface area (Å²) in [6, 6.07) is 9.08. The van der Waals surface area contributed by atoms with Crippen LogP contribution in [0, 0.1) is 0 Å². The molecule has 1 heterocycles. The van der Waals surface area contributed by atoms with Gasteiger partial charge in [0, 0.05) is 29.6 Å². The van der Waals surface area contributed by atoms with Crippen LogP contribution in [0.4, 0.5) is 0 Å². The van der Waals surface area contributed by atoms with Crippen LogP contribution in [0.3, 0.4) is 0 Å². The molecular formula is C17H28BrN3. The van der Waals surface area contributed by atoms with Crippen LogP contribution in [0.15, 0.2) is 28.7 Å². The largest absolute Gasteiger partial charge is 0.326 e. The summed E-state index contributed by atoms with van der Waals surface area (Å²) in [4.78, 5) is 4.99. The Morgan fingerprint density at radius 3 is 2.43 bits per heavy atom. The molecule has 0 saturated carbocycles. The van der Waals surface area contributed by atoms with Gasteiger partial charge in [-0.1, -0.05) is 35.0 Å². The van der Waals surface area contributed by atoms with E-state index >= 15 is 0 Å². The van der Waals surface area contributed by atoms with Gasteiger partial charge < -0.3 is 10.6 Å². The van der Waals surface area contributed by atoms with Gasteiger partial charge in [0.25, 0.3) is 0 Å². The molecule has 1 fully saturated rings. The number of nitrogens with two attached hydrogens (primary N) is 1. The highest BCUT2D eigenvalue weighted by Gasteiger charge is 2.23. The minimum Gasteiger partial charge on any atom is -0.326 e. The molecule has 1 aliphatic rings. The van der Waals surface area contributed by atoms with Crippen LogP contribution in [-0.2, 0) is 0 Å². The third-order valence-corrected chi connectivity index (χ3v) is 5.06. The zero-order valence-electron chi connectivity index (χ0n) is 13.3. The molecule has 4 heteroatoms. The minimum atomic E-state index is 0.176. The lowest BCUT2D eigenvalue weighted by Gasteiger charge is -2.34. The number of rotatable bonds is 7. The lowest BCUT2D eigenvalue weighted by molar-refractivity contribution is 0.182. The maximum atomic E-state index is 6.40. The van der Waals surface area contributed by atoms with Crippen LogP contribution in [-0.4, -0.2) is 49.1 Å². The average Bonchev–Trinajstić information content (AvgIpc) is 3.00. The summed E-state index contributed by atoms with van der Waals surface area (Å²) in [6.07, 6.45) is 3.71. The summed E-state index contributed by atoms with van der Waals surface area (Å²) in [5.74, 6) is 0. The molecule has 2 rings (SSSR count). The molecule has 21 heavy (non-hydrogen) atoms. The van der Waals surface area contributed by atoms with E-state index in [0.717, 1.165) is 24.0 Å². The zero-order valence-corrected chi connectivity index (χ0v) is 14.8. The molecule has 2 atom stereocenters. The quantitative estimate of drug-likeness (QED) is 0.816. The number of hydrogen-bond donors (Lipinski definition) is 1. The maximum absolute atomic E-state index is 6.40. The topological polar surface area (TPSA) is 32.5 Å². The van der Waals surface area contributed by atoms with E-state index in [1.807, 2.05) is 0 Å². The van der Waals surface area contributed by atoms with Gasteiger partial charge in [-0.15, -0.1) is 0 Å². The van der Waals surface area contributed by atoms with E-state index in [9.17, 15) is 0 Å². The number of likely N-dealkylation sites (N-methyl/N-ethyl adjacent to an activating group) is 1. The Morgan fingerprint density at radius 1 is 1.24 bits per heavy atom. The monoisotopic (exact) mass is 353 g/mol. The predicted octanol–water partition coefficient (Wildman–Crippen LogP) is 3.26. The molecule has 1 saturated heterocycles. The zero-order chi connectivity index (χ0) is 15.2. The first-order chi connectivity index (χ1) is 10.1. The molecule has 0 aromatic heterocycles. The fourth-order valence-electron chi connectivity index (χ4n) is 3.16. The van der Waals surface area contributed by atoms with Gasteiger partial charge in [0.05, 0.1) is 0 Å². The van der Waals surface area contributed by atoms with Crippen molar-refractivity contribution in [2.75, 3.05) is 33.2 Å². The molecule has 1 aromatic rings. The summed E-state index contributed by atoms with van der Waals surface area (Å²) in [5, 5.41) is 0. The fraction of sp³-hybridized carbons (Fsp3) is 0.647. The molecule has 2 unspecified atom stereocenters. The van der Waals surface area contributed by atoms with Crippen LogP contribution in [0.1, 0.15) is 37.8 Å². The number of benzene rings is 1. The van der Waals surface area contributed by atoms with Gasteiger partial charge in [0.2, 0.25) is 0 Å². The van der Waals surface area contributed by atoms with Crippen molar-refractivity contribution in [1.29, 1.82) is 0 Å². The number of nitrogens with zero attached hydrogens (tertiary/aromatic N) is 2. The van der Waals surface area contributed by atoms with Gasteiger partial charge in [0.15, 0.2) is 0 Å². The van der Waals surface area contributed by atoms with Gasteiger partial charge >= 0.3 is 0 Å². The highest BCUT2D eigenvalue weighted by atomic mass is 79.9. The molecule has 2 N–H and O–H groups in total. The Balaban J connectivity index is 2.02. The normalized spacial score (nSPS) is 19.1. The highest BCUT2D eigenvalue weighted by molar-refractivity contribution is 9.10. The number of hydrogen-bond acceptors (Lipinski definition) is 3. The van der Waals surface area contributed by atoms with Crippen LogP contribution in [0.5, 0.6) is 0 Å². The Morgan fingerprint density at radius 2 is 1.86 bits per heavy atom. The third kappa shape index (κ3) is 4.78. The van der Waals surface area contributed by atoms with Gasteiger partial charge in [-0.05, 0) is 57.1 Å². The Bertz CT molecular complexity index is 415. The fourth-order valence-corrected chi connectivity index (χ4v) is 3.42. The van der Waals surface area contributed by atoms with Crippen molar-refractivity contribution in [3.05, 3.63) is 34.3 Å². The molecule has 0 spiro atoms. The second-order valence-electron chi connectivity index (χ2n) is 6.10. The van der Waals surface area contributed by atoms with Crippen molar-refractivity contribution in [2.45, 2.75) is 38.3 Å². The van der Waals surface area contributed by atoms with Gasteiger partial charge in [-0.25, -0.2) is 0 Å². The summed E-state index contributed by atoms with van der Waals surface area (Å²) < 4.78 is 1.12. The molecule has 0 radical (unpaired) electrons. The molecule has 3 nitrogen and oxygen atoms in total. The van der Waals surface area contributed by atoms with E-state index in [0.29, 0.717) is 6.04 Å².